The average Bonchev–Trinajstić information content (AvgIpc) is 2.30. The van der Waals surface area contributed by atoms with Crippen LogP contribution in [0.2, 0.25) is 0 Å². The number of nitrogens with zero attached hydrogens (tertiary/aromatic N) is 1. The molecule has 0 aromatic rings. The summed E-state index contributed by atoms with van der Waals surface area (Å²) < 4.78 is 0. The first-order valence-corrected chi connectivity index (χ1v) is 6.52. The van der Waals surface area contributed by atoms with Gasteiger partial charge in [-0.25, -0.2) is 0 Å². The number of hydrogen-bond donors (Lipinski definition) is 1. The quantitative estimate of drug-likeness (QED) is 0.734. The van der Waals surface area contributed by atoms with Gasteiger partial charge >= 0.3 is 0 Å². The van der Waals surface area contributed by atoms with Crippen molar-refractivity contribution in [1.29, 1.82) is 0 Å². The molecule has 92 valence electrons. The standard InChI is InChI=1S/C14H26N2/c1-6-9-12(4)16-11-14(7-2,8-3)15-10-13(16)5/h1,12-13,15H,7-11H2,2-5H3. The molecule has 0 aromatic heterocycles. The second kappa shape index (κ2) is 5.70. The molecular weight excluding hydrogens is 196 g/mol. The average molecular weight is 222 g/mol. The summed E-state index contributed by atoms with van der Waals surface area (Å²) in [5, 5.41) is 3.72. The van der Waals surface area contributed by atoms with E-state index >= 15 is 0 Å². The number of hydrogen-bond acceptors (Lipinski definition) is 2. The molecule has 0 aromatic carbocycles. The van der Waals surface area contributed by atoms with E-state index in [2.05, 4.69) is 43.8 Å². The summed E-state index contributed by atoms with van der Waals surface area (Å²) in [6.45, 7) is 11.3. The Labute approximate surface area is 101 Å². The first kappa shape index (κ1) is 13.5. The molecule has 0 saturated carbocycles. The second-order valence-electron chi connectivity index (χ2n) is 5.15. The van der Waals surface area contributed by atoms with Crippen LogP contribution in [0, 0.1) is 12.3 Å². The molecule has 0 radical (unpaired) electrons. The summed E-state index contributed by atoms with van der Waals surface area (Å²) in [7, 11) is 0. The minimum absolute atomic E-state index is 0.301. The lowest BCUT2D eigenvalue weighted by molar-refractivity contribution is 0.0517. The van der Waals surface area contributed by atoms with E-state index in [-0.39, 0.29) is 0 Å². The lowest BCUT2D eigenvalue weighted by Crippen LogP contribution is -2.64. The van der Waals surface area contributed by atoms with Crippen molar-refractivity contribution in [3.63, 3.8) is 0 Å². The molecule has 0 spiro atoms. The van der Waals surface area contributed by atoms with E-state index in [1.54, 1.807) is 0 Å². The predicted molar refractivity (Wildman–Crippen MR) is 70.4 cm³/mol. The summed E-state index contributed by atoms with van der Waals surface area (Å²) in [4.78, 5) is 2.57. The van der Waals surface area contributed by atoms with Crippen LogP contribution in [0.15, 0.2) is 0 Å². The highest BCUT2D eigenvalue weighted by Gasteiger charge is 2.36. The van der Waals surface area contributed by atoms with Gasteiger partial charge in [-0.3, -0.25) is 4.90 Å². The Morgan fingerprint density at radius 3 is 2.62 bits per heavy atom. The van der Waals surface area contributed by atoms with Crippen LogP contribution in [0.4, 0.5) is 0 Å². The molecule has 1 saturated heterocycles. The normalized spacial score (nSPS) is 27.3. The third kappa shape index (κ3) is 2.78. The maximum Gasteiger partial charge on any atom is 0.0304 e. The van der Waals surface area contributed by atoms with Crippen molar-refractivity contribution >= 4 is 0 Å². The molecule has 1 N–H and O–H groups in total. The zero-order valence-corrected chi connectivity index (χ0v) is 11.2. The molecule has 2 nitrogen and oxygen atoms in total. The summed E-state index contributed by atoms with van der Waals surface area (Å²) in [6, 6.07) is 1.09. The van der Waals surface area contributed by atoms with Crippen molar-refractivity contribution in [1.82, 2.24) is 10.2 Å². The van der Waals surface area contributed by atoms with Gasteiger partial charge in [0.2, 0.25) is 0 Å². The van der Waals surface area contributed by atoms with E-state index < -0.39 is 0 Å². The fourth-order valence-electron chi connectivity index (χ4n) is 2.64. The Kier molecular flexibility index (Phi) is 4.83. The SMILES string of the molecule is C#CCC(C)N1CC(CC)(CC)NCC1C. The predicted octanol–water partition coefficient (Wildman–Crippen LogP) is 2.25. The van der Waals surface area contributed by atoms with E-state index in [4.69, 9.17) is 6.42 Å². The van der Waals surface area contributed by atoms with Crippen molar-refractivity contribution in [3.05, 3.63) is 0 Å². The van der Waals surface area contributed by atoms with Gasteiger partial charge < -0.3 is 5.32 Å². The Hall–Kier alpha value is -0.520. The smallest absolute Gasteiger partial charge is 0.0304 e. The van der Waals surface area contributed by atoms with Gasteiger partial charge in [-0.2, -0.15) is 0 Å². The van der Waals surface area contributed by atoms with Crippen molar-refractivity contribution in [2.75, 3.05) is 13.1 Å². The van der Waals surface area contributed by atoms with Gasteiger partial charge in [0.25, 0.3) is 0 Å². The summed E-state index contributed by atoms with van der Waals surface area (Å²) in [5.74, 6) is 2.79. The van der Waals surface area contributed by atoms with Crippen molar-refractivity contribution in [3.8, 4) is 12.3 Å². The summed E-state index contributed by atoms with van der Waals surface area (Å²) in [6.07, 6.45) is 8.66. The molecule has 1 aliphatic heterocycles. The van der Waals surface area contributed by atoms with Gasteiger partial charge in [-0.05, 0) is 26.7 Å². The zero-order valence-electron chi connectivity index (χ0n) is 11.2. The molecule has 0 aliphatic carbocycles. The van der Waals surface area contributed by atoms with Crippen LogP contribution in [-0.2, 0) is 0 Å². The van der Waals surface area contributed by atoms with Gasteiger partial charge in [-0.1, -0.05) is 13.8 Å². The monoisotopic (exact) mass is 222 g/mol. The maximum absolute atomic E-state index is 5.42. The van der Waals surface area contributed by atoms with Crippen LogP contribution in [0.25, 0.3) is 0 Å². The van der Waals surface area contributed by atoms with Gasteiger partial charge in [0.15, 0.2) is 0 Å². The Morgan fingerprint density at radius 1 is 1.50 bits per heavy atom. The highest BCUT2D eigenvalue weighted by molar-refractivity contribution is 4.99. The highest BCUT2D eigenvalue weighted by atomic mass is 15.3. The van der Waals surface area contributed by atoms with E-state index in [1.165, 1.54) is 12.8 Å². The second-order valence-corrected chi connectivity index (χ2v) is 5.15. The molecule has 1 aliphatic rings. The minimum atomic E-state index is 0.301. The molecule has 2 heteroatoms. The van der Waals surface area contributed by atoms with E-state index in [1.807, 2.05) is 0 Å². The highest BCUT2D eigenvalue weighted by Crippen LogP contribution is 2.24. The van der Waals surface area contributed by atoms with Crippen LogP contribution in [-0.4, -0.2) is 35.6 Å². The molecule has 1 heterocycles. The maximum atomic E-state index is 5.42. The Morgan fingerprint density at radius 2 is 2.12 bits per heavy atom. The van der Waals surface area contributed by atoms with Crippen LogP contribution >= 0.6 is 0 Å². The van der Waals surface area contributed by atoms with Crippen molar-refractivity contribution < 1.29 is 0 Å². The third-order valence-electron chi connectivity index (χ3n) is 4.16. The fourth-order valence-corrected chi connectivity index (χ4v) is 2.64. The van der Waals surface area contributed by atoms with Gasteiger partial charge in [0.05, 0.1) is 0 Å². The molecule has 1 rings (SSSR count). The lowest BCUT2D eigenvalue weighted by atomic mass is 9.88. The number of piperazine rings is 1. The Bertz CT molecular complexity index is 250. The summed E-state index contributed by atoms with van der Waals surface area (Å²) >= 11 is 0. The fraction of sp³-hybridized carbons (Fsp3) is 0.857. The van der Waals surface area contributed by atoms with Crippen molar-refractivity contribution in [2.45, 2.75) is 64.6 Å². The molecule has 0 bridgehead atoms. The largest absolute Gasteiger partial charge is 0.308 e. The number of nitrogens with one attached hydrogen (secondary N) is 1. The topological polar surface area (TPSA) is 15.3 Å². The first-order valence-electron chi connectivity index (χ1n) is 6.52. The van der Waals surface area contributed by atoms with E-state index in [9.17, 15) is 0 Å². The molecule has 2 atom stereocenters. The van der Waals surface area contributed by atoms with Crippen molar-refractivity contribution in [2.24, 2.45) is 0 Å². The van der Waals surface area contributed by atoms with Crippen LogP contribution < -0.4 is 5.32 Å². The Balaban J connectivity index is 2.72. The molecule has 0 amide bonds. The lowest BCUT2D eigenvalue weighted by Gasteiger charge is -2.48. The van der Waals surface area contributed by atoms with Gasteiger partial charge in [0.1, 0.15) is 0 Å². The van der Waals surface area contributed by atoms with Crippen LogP contribution in [0.3, 0.4) is 0 Å². The first-order chi connectivity index (χ1) is 7.58. The van der Waals surface area contributed by atoms with Gasteiger partial charge in [-0.15, -0.1) is 12.3 Å². The van der Waals surface area contributed by atoms with Crippen LogP contribution in [0.5, 0.6) is 0 Å². The minimum Gasteiger partial charge on any atom is -0.308 e. The number of terminal acetylenes is 1. The molecular formula is C14H26N2. The number of rotatable bonds is 4. The van der Waals surface area contributed by atoms with Gasteiger partial charge in [0, 0.05) is 37.1 Å². The summed E-state index contributed by atoms with van der Waals surface area (Å²) in [5.41, 5.74) is 0.301. The zero-order chi connectivity index (χ0) is 12.2. The van der Waals surface area contributed by atoms with E-state index in [0.29, 0.717) is 17.6 Å². The molecule has 16 heavy (non-hydrogen) atoms. The third-order valence-corrected chi connectivity index (χ3v) is 4.16. The molecule has 1 fully saturated rings. The van der Waals surface area contributed by atoms with E-state index in [0.717, 1.165) is 19.5 Å². The van der Waals surface area contributed by atoms with Crippen LogP contribution in [0.1, 0.15) is 47.0 Å². The molecule has 2 unspecified atom stereocenters.